The van der Waals surface area contributed by atoms with Gasteiger partial charge in [-0.05, 0) is 107 Å². The second kappa shape index (κ2) is 15.6. The smallest absolute Gasteiger partial charge is 0.0546 e. The Morgan fingerprint density at radius 3 is 1.43 bits per heavy atom. The average Bonchev–Trinajstić information content (AvgIpc) is 3.35. The Kier molecular flexibility index (Phi) is 9.26. The van der Waals surface area contributed by atoms with Crippen LogP contribution in [0.5, 0.6) is 0 Å². The first-order valence-electron chi connectivity index (χ1n) is 21.0. The van der Waals surface area contributed by atoms with E-state index in [2.05, 4.69) is 254 Å². The number of hydrogen-bond donors (Lipinski definition) is 0. The lowest BCUT2D eigenvalue weighted by molar-refractivity contribution is 1.29. The molecular weight excluding hydrogens is 735 g/mol. The molecule has 11 aromatic rings. The second-order valence-corrected chi connectivity index (χ2v) is 15.6. The van der Waals surface area contributed by atoms with Crippen LogP contribution >= 0.6 is 0 Å². The van der Waals surface area contributed by atoms with Crippen LogP contribution < -0.4 is 4.90 Å². The summed E-state index contributed by atoms with van der Waals surface area (Å²) >= 11 is 0. The molecule has 0 saturated carbocycles. The van der Waals surface area contributed by atoms with Crippen LogP contribution in [0.1, 0.15) is 0 Å². The highest BCUT2D eigenvalue weighted by molar-refractivity contribution is 6.15. The molecule has 11 aromatic carbocycles. The van der Waals surface area contributed by atoms with Crippen molar-refractivity contribution in [3.05, 3.63) is 249 Å². The van der Waals surface area contributed by atoms with Crippen LogP contribution in [-0.4, -0.2) is 0 Å². The van der Waals surface area contributed by atoms with Crippen molar-refractivity contribution in [3.63, 3.8) is 0 Å². The molecule has 0 amide bonds. The highest BCUT2D eigenvalue weighted by atomic mass is 15.1. The molecule has 0 saturated heterocycles. The van der Waals surface area contributed by atoms with Gasteiger partial charge in [0, 0.05) is 16.8 Å². The van der Waals surface area contributed by atoms with E-state index in [1.54, 1.807) is 0 Å². The van der Waals surface area contributed by atoms with Crippen LogP contribution in [0.4, 0.5) is 17.1 Å². The molecule has 11 rings (SSSR count). The Hall–Kier alpha value is -8.00. The molecule has 0 bridgehead atoms. The minimum absolute atomic E-state index is 1.08. The maximum absolute atomic E-state index is 2.49. The molecule has 0 aromatic heterocycles. The standard InChI is InChI=1S/C60H41N/c1-6-19-42(20-7-1)47-34-36-51-48(41-47)35-39-56(58(51)44-22-8-2-9-23-44)61(49-28-14-5-15-29-49)57-40-38-55(53-32-18-31-52-50-30-17-16-21-43(50)33-37-54(52)53)59(45-24-10-3-11-25-45)60(57)46-26-12-4-13-27-46/h1-41H. The molecule has 61 heavy (non-hydrogen) atoms. The van der Waals surface area contributed by atoms with Crippen LogP contribution in [0.2, 0.25) is 0 Å². The van der Waals surface area contributed by atoms with Gasteiger partial charge in [-0.3, -0.25) is 0 Å². The van der Waals surface area contributed by atoms with Crippen molar-refractivity contribution in [2.45, 2.75) is 0 Å². The Labute approximate surface area is 357 Å². The van der Waals surface area contributed by atoms with Gasteiger partial charge < -0.3 is 4.90 Å². The zero-order chi connectivity index (χ0) is 40.5. The lowest BCUT2D eigenvalue weighted by atomic mass is 9.84. The van der Waals surface area contributed by atoms with Crippen molar-refractivity contribution >= 4 is 49.4 Å². The van der Waals surface area contributed by atoms with Crippen molar-refractivity contribution in [2.75, 3.05) is 4.90 Å². The van der Waals surface area contributed by atoms with Gasteiger partial charge >= 0.3 is 0 Å². The fourth-order valence-electron chi connectivity index (χ4n) is 9.29. The van der Waals surface area contributed by atoms with Crippen LogP contribution in [0.15, 0.2) is 249 Å². The van der Waals surface area contributed by atoms with Gasteiger partial charge in [0.2, 0.25) is 0 Å². The summed E-state index contributed by atoms with van der Waals surface area (Å²) < 4.78 is 0. The highest BCUT2D eigenvalue weighted by Gasteiger charge is 2.26. The summed E-state index contributed by atoms with van der Waals surface area (Å²) in [4.78, 5) is 2.49. The molecule has 0 aliphatic heterocycles. The van der Waals surface area contributed by atoms with Crippen LogP contribution in [-0.2, 0) is 0 Å². The topological polar surface area (TPSA) is 3.24 Å². The van der Waals surface area contributed by atoms with Gasteiger partial charge in [-0.2, -0.15) is 0 Å². The molecule has 0 spiro atoms. The summed E-state index contributed by atoms with van der Waals surface area (Å²) in [6.45, 7) is 0. The van der Waals surface area contributed by atoms with E-state index in [9.17, 15) is 0 Å². The molecule has 0 heterocycles. The van der Waals surface area contributed by atoms with Crippen molar-refractivity contribution in [1.82, 2.24) is 0 Å². The molecule has 286 valence electrons. The molecule has 0 N–H and O–H groups in total. The van der Waals surface area contributed by atoms with Crippen LogP contribution in [0.3, 0.4) is 0 Å². The normalized spacial score (nSPS) is 11.3. The number of rotatable bonds is 8. The molecule has 0 unspecified atom stereocenters. The lowest BCUT2D eigenvalue weighted by Gasteiger charge is -2.32. The summed E-state index contributed by atoms with van der Waals surface area (Å²) in [6.07, 6.45) is 0. The minimum atomic E-state index is 1.08. The van der Waals surface area contributed by atoms with E-state index in [1.807, 2.05) is 0 Å². The molecule has 0 aliphatic rings. The molecule has 1 nitrogen and oxygen atoms in total. The molecule has 0 aliphatic carbocycles. The third-order valence-electron chi connectivity index (χ3n) is 12.0. The Morgan fingerprint density at radius 1 is 0.230 bits per heavy atom. The second-order valence-electron chi connectivity index (χ2n) is 15.6. The number of hydrogen-bond acceptors (Lipinski definition) is 1. The fraction of sp³-hybridized carbons (Fsp3) is 0. The Bertz CT molecular complexity index is 3320. The van der Waals surface area contributed by atoms with Gasteiger partial charge in [-0.1, -0.05) is 218 Å². The quantitative estimate of drug-likeness (QED) is 0.139. The molecular formula is C60H41N. The van der Waals surface area contributed by atoms with E-state index >= 15 is 0 Å². The van der Waals surface area contributed by atoms with E-state index in [-0.39, 0.29) is 0 Å². The summed E-state index contributed by atoms with van der Waals surface area (Å²) in [5, 5.41) is 7.40. The average molecular weight is 776 g/mol. The highest BCUT2D eigenvalue weighted by Crippen LogP contribution is 2.52. The molecule has 1 heteroatoms. The molecule has 0 fully saturated rings. The van der Waals surface area contributed by atoms with Gasteiger partial charge in [-0.15, -0.1) is 0 Å². The van der Waals surface area contributed by atoms with Crippen LogP contribution in [0.25, 0.3) is 88.0 Å². The monoisotopic (exact) mass is 775 g/mol. The molecule has 0 atom stereocenters. The third kappa shape index (κ3) is 6.54. The van der Waals surface area contributed by atoms with Gasteiger partial charge in [0.15, 0.2) is 0 Å². The number of para-hydroxylation sites is 1. The van der Waals surface area contributed by atoms with Gasteiger partial charge in [0.05, 0.1) is 11.4 Å². The van der Waals surface area contributed by atoms with Crippen molar-refractivity contribution in [3.8, 4) is 55.6 Å². The first-order chi connectivity index (χ1) is 30.3. The zero-order valence-corrected chi connectivity index (χ0v) is 33.6. The number of anilines is 3. The van der Waals surface area contributed by atoms with E-state index in [4.69, 9.17) is 0 Å². The number of nitrogens with zero attached hydrogens (tertiary/aromatic N) is 1. The number of benzene rings is 11. The Morgan fingerprint density at radius 2 is 0.738 bits per heavy atom. The Balaban J connectivity index is 1.24. The van der Waals surface area contributed by atoms with Crippen molar-refractivity contribution in [1.29, 1.82) is 0 Å². The molecule has 0 radical (unpaired) electrons. The van der Waals surface area contributed by atoms with E-state index < -0.39 is 0 Å². The summed E-state index contributed by atoms with van der Waals surface area (Å²) in [5.74, 6) is 0. The van der Waals surface area contributed by atoms with Crippen LogP contribution in [0, 0.1) is 0 Å². The summed E-state index contributed by atoms with van der Waals surface area (Å²) in [5.41, 5.74) is 15.1. The largest absolute Gasteiger partial charge is 0.309 e. The van der Waals surface area contributed by atoms with E-state index in [0.717, 1.165) is 22.6 Å². The maximum Gasteiger partial charge on any atom is 0.0546 e. The predicted octanol–water partition coefficient (Wildman–Crippen LogP) is 17.0. The zero-order valence-electron chi connectivity index (χ0n) is 33.6. The summed E-state index contributed by atoms with van der Waals surface area (Å²) in [6, 6.07) is 90.6. The first kappa shape index (κ1) is 36.1. The van der Waals surface area contributed by atoms with E-state index in [1.165, 1.54) is 82.4 Å². The maximum atomic E-state index is 2.49. The van der Waals surface area contributed by atoms with Crippen molar-refractivity contribution < 1.29 is 0 Å². The lowest BCUT2D eigenvalue weighted by Crippen LogP contribution is -2.13. The summed E-state index contributed by atoms with van der Waals surface area (Å²) in [7, 11) is 0. The van der Waals surface area contributed by atoms with E-state index in [0.29, 0.717) is 0 Å². The first-order valence-corrected chi connectivity index (χ1v) is 21.0. The SMILES string of the molecule is c1ccc(-c2ccc3c(-c4ccccc4)c(N(c4ccccc4)c4ccc(-c5cccc6c5ccc5ccccc56)c(-c5ccccc5)c4-c4ccccc4)ccc3c2)cc1. The van der Waals surface area contributed by atoms with Gasteiger partial charge in [-0.25, -0.2) is 0 Å². The fourth-order valence-corrected chi connectivity index (χ4v) is 9.29. The van der Waals surface area contributed by atoms with Gasteiger partial charge in [0.1, 0.15) is 0 Å². The van der Waals surface area contributed by atoms with Crippen molar-refractivity contribution in [2.24, 2.45) is 0 Å². The number of fused-ring (bicyclic) bond motifs is 4. The predicted molar refractivity (Wildman–Crippen MR) is 261 cm³/mol. The van der Waals surface area contributed by atoms with Gasteiger partial charge in [0.25, 0.3) is 0 Å². The third-order valence-corrected chi connectivity index (χ3v) is 12.0. The minimum Gasteiger partial charge on any atom is -0.309 e.